The van der Waals surface area contributed by atoms with Crippen LogP contribution in [0.25, 0.3) is 0 Å². The molecule has 6 heteroatoms. The Morgan fingerprint density at radius 3 is 3.00 bits per heavy atom. The van der Waals surface area contributed by atoms with Gasteiger partial charge in [0, 0.05) is 29.4 Å². The van der Waals surface area contributed by atoms with Crippen molar-refractivity contribution in [2.45, 2.75) is 12.5 Å². The maximum Gasteiger partial charge on any atom is 0.246 e. The van der Waals surface area contributed by atoms with E-state index in [-0.39, 0.29) is 11.9 Å². The number of halogens is 1. The molecule has 0 fully saturated rings. The van der Waals surface area contributed by atoms with Crippen molar-refractivity contribution < 1.29 is 14.3 Å². The second kappa shape index (κ2) is 7.73. The number of benzene rings is 1. The number of ether oxygens (including phenoxy) is 2. The predicted octanol–water partition coefficient (Wildman–Crippen LogP) is 2.08. The predicted molar refractivity (Wildman–Crippen MR) is 80.8 cm³/mol. The average Bonchev–Trinajstić information content (AvgIpc) is 2.73. The lowest BCUT2D eigenvalue weighted by atomic mass is 10.1. The van der Waals surface area contributed by atoms with Crippen LogP contribution in [0.15, 0.2) is 22.7 Å². The lowest BCUT2D eigenvalue weighted by molar-refractivity contribution is -0.117. The third-order valence-electron chi connectivity index (χ3n) is 3.09. The second-order valence-corrected chi connectivity index (χ2v) is 5.48. The number of methoxy groups -OCH3 is 1. The van der Waals surface area contributed by atoms with Crippen LogP contribution >= 0.6 is 15.9 Å². The summed E-state index contributed by atoms with van der Waals surface area (Å²) in [5.41, 5.74) is 1.87. The average molecular weight is 343 g/mol. The summed E-state index contributed by atoms with van der Waals surface area (Å²) in [6, 6.07) is 5.56. The van der Waals surface area contributed by atoms with Crippen LogP contribution in [-0.4, -0.2) is 39.4 Å². The van der Waals surface area contributed by atoms with Crippen molar-refractivity contribution in [3.63, 3.8) is 0 Å². The number of hydrogen-bond acceptors (Lipinski definition) is 4. The highest BCUT2D eigenvalue weighted by Crippen LogP contribution is 2.32. The Kier molecular flexibility index (Phi) is 5.97. The molecule has 1 amide bonds. The molecule has 0 aromatic heterocycles. The van der Waals surface area contributed by atoms with E-state index in [1.54, 1.807) is 7.11 Å². The van der Waals surface area contributed by atoms with E-state index in [2.05, 4.69) is 26.6 Å². The largest absolute Gasteiger partial charge is 0.382 e. The third-order valence-corrected chi connectivity index (χ3v) is 3.59. The molecule has 1 aliphatic heterocycles. The molecule has 5 nitrogen and oxygen atoms in total. The second-order valence-electron chi connectivity index (χ2n) is 4.57. The molecule has 0 saturated heterocycles. The zero-order chi connectivity index (χ0) is 14.4. The van der Waals surface area contributed by atoms with Gasteiger partial charge < -0.3 is 20.1 Å². The van der Waals surface area contributed by atoms with Crippen LogP contribution in [0.4, 0.5) is 5.69 Å². The Morgan fingerprint density at radius 1 is 1.35 bits per heavy atom. The zero-order valence-corrected chi connectivity index (χ0v) is 13.0. The summed E-state index contributed by atoms with van der Waals surface area (Å²) < 4.78 is 11.2. The summed E-state index contributed by atoms with van der Waals surface area (Å²) >= 11 is 3.40. The van der Waals surface area contributed by atoms with Crippen LogP contribution in [0, 0.1) is 0 Å². The Balaban J connectivity index is 1.75. The SMILES string of the molecule is COCCOCCCNC1C(=O)Nc2cc(Br)ccc21. The number of carbonyl (C=O) groups excluding carboxylic acids is 1. The van der Waals surface area contributed by atoms with Gasteiger partial charge in [0.2, 0.25) is 5.91 Å². The number of hydrogen-bond donors (Lipinski definition) is 2. The molecule has 110 valence electrons. The lowest BCUT2D eigenvalue weighted by Gasteiger charge is -2.11. The van der Waals surface area contributed by atoms with Crippen LogP contribution < -0.4 is 10.6 Å². The number of amides is 1. The minimum Gasteiger partial charge on any atom is -0.382 e. The molecule has 0 spiro atoms. The van der Waals surface area contributed by atoms with Crippen LogP contribution in [0.5, 0.6) is 0 Å². The van der Waals surface area contributed by atoms with Gasteiger partial charge in [0.05, 0.1) is 13.2 Å². The van der Waals surface area contributed by atoms with Crippen molar-refractivity contribution in [2.75, 3.05) is 38.8 Å². The molecular formula is C14H19BrN2O3. The summed E-state index contributed by atoms with van der Waals surface area (Å²) in [5, 5.41) is 6.14. The van der Waals surface area contributed by atoms with Crippen molar-refractivity contribution in [1.82, 2.24) is 5.32 Å². The molecule has 1 unspecified atom stereocenters. The molecule has 1 aromatic rings. The van der Waals surface area contributed by atoms with E-state index in [1.165, 1.54) is 0 Å². The summed E-state index contributed by atoms with van der Waals surface area (Å²) in [6.07, 6.45) is 0.860. The Labute approximate surface area is 127 Å². The first kappa shape index (κ1) is 15.4. The van der Waals surface area contributed by atoms with E-state index in [0.717, 1.165) is 28.7 Å². The number of fused-ring (bicyclic) bond motifs is 1. The van der Waals surface area contributed by atoms with Crippen LogP contribution in [0.3, 0.4) is 0 Å². The van der Waals surface area contributed by atoms with E-state index >= 15 is 0 Å². The molecule has 0 saturated carbocycles. The van der Waals surface area contributed by atoms with Crippen molar-refractivity contribution in [3.8, 4) is 0 Å². The van der Waals surface area contributed by atoms with Crippen molar-refractivity contribution in [3.05, 3.63) is 28.2 Å². The van der Waals surface area contributed by atoms with E-state index in [9.17, 15) is 4.79 Å². The summed E-state index contributed by atoms with van der Waals surface area (Å²) in [5.74, 6) is -0.00148. The minimum atomic E-state index is -0.267. The molecule has 20 heavy (non-hydrogen) atoms. The maximum atomic E-state index is 11.9. The standard InChI is InChI=1S/C14H19BrN2O3/c1-19-7-8-20-6-2-5-16-13-11-4-3-10(15)9-12(11)17-14(13)18/h3-4,9,13,16H,2,5-8H2,1H3,(H,17,18). The van der Waals surface area contributed by atoms with Gasteiger partial charge in [0.1, 0.15) is 6.04 Å². The molecule has 0 bridgehead atoms. The lowest BCUT2D eigenvalue weighted by Crippen LogP contribution is -2.28. The monoisotopic (exact) mass is 342 g/mol. The van der Waals surface area contributed by atoms with Gasteiger partial charge in [0.25, 0.3) is 0 Å². The van der Waals surface area contributed by atoms with Crippen LogP contribution in [-0.2, 0) is 14.3 Å². The number of carbonyl (C=O) groups is 1. The molecule has 2 rings (SSSR count). The topological polar surface area (TPSA) is 59.6 Å². The Bertz CT molecular complexity index is 468. The zero-order valence-electron chi connectivity index (χ0n) is 11.4. The summed E-state index contributed by atoms with van der Waals surface area (Å²) in [6.45, 7) is 2.62. The molecule has 1 heterocycles. The van der Waals surface area contributed by atoms with Gasteiger partial charge in [-0.05, 0) is 25.1 Å². The number of rotatable bonds is 8. The van der Waals surface area contributed by atoms with Gasteiger partial charge >= 0.3 is 0 Å². The highest BCUT2D eigenvalue weighted by molar-refractivity contribution is 9.10. The maximum absolute atomic E-state index is 11.9. The van der Waals surface area contributed by atoms with Gasteiger partial charge in [0.15, 0.2) is 0 Å². The minimum absolute atomic E-state index is 0.00148. The highest BCUT2D eigenvalue weighted by Gasteiger charge is 2.29. The molecule has 2 N–H and O–H groups in total. The van der Waals surface area contributed by atoms with Crippen molar-refractivity contribution in [1.29, 1.82) is 0 Å². The van der Waals surface area contributed by atoms with E-state index in [0.29, 0.717) is 19.8 Å². The van der Waals surface area contributed by atoms with Gasteiger partial charge in [-0.15, -0.1) is 0 Å². The van der Waals surface area contributed by atoms with Crippen molar-refractivity contribution >= 4 is 27.5 Å². The Morgan fingerprint density at radius 2 is 2.20 bits per heavy atom. The molecule has 1 aliphatic rings. The fourth-order valence-corrected chi connectivity index (χ4v) is 2.46. The molecular weight excluding hydrogens is 324 g/mol. The fraction of sp³-hybridized carbons (Fsp3) is 0.500. The smallest absolute Gasteiger partial charge is 0.246 e. The molecule has 1 atom stereocenters. The van der Waals surface area contributed by atoms with Crippen LogP contribution in [0.2, 0.25) is 0 Å². The number of nitrogens with one attached hydrogen (secondary N) is 2. The van der Waals surface area contributed by atoms with E-state index < -0.39 is 0 Å². The molecule has 1 aromatic carbocycles. The summed E-state index contributed by atoms with van der Waals surface area (Å²) in [7, 11) is 1.65. The van der Waals surface area contributed by atoms with Gasteiger partial charge in [-0.3, -0.25) is 4.79 Å². The van der Waals surface area contributed by atoms with Gasteiger partial charge in [-0.1, -0.05) is 22.0 Å². The molecule has 0 radical (unpaired) electrons. The Hall–Kier alpha value is -0.950. The highest BCUT2D eigenvalue weighted by atomic mass is 79.9. The first-order chi connectivity index (χ1) is 9.72. The first-order valence-electron chi connectivity index (χ1n) is 6.62. The first-order valence-corrected chi connectivity index (χ1v) is 7.42. The van der Waals surface area contributed by atoms with E-state index in [4.69, 9.17) is 9.47 Å². The third kappa shape index (κ3) is 4.02. The summed E-state index contributed by atoms with van der Waals surface area (Å²) in [4.78, 5) is 11.9. The number of anilines is 1. The normalized spacial score (nSPS) is 17.1. The van der Waals surface area contributed by atoms with Crippen LogP contribution in [0.1, 0.15) is 18.0 Å². The van der Waals surface area contributed by atoms with Crippen molar-refractivity contribution in [2.24, 2.45) is 0 Å². The van der Waals surface area contributed by atoms with E-state index in [1.807, 2.05) is 18.2 Å². The molecule has 0 aliphatic carbocycles. The fourth-order valence-electron chi connectivity index (χ4n) is 2.10. The quantitative estimate of drug-likeness (QED) is 0.710. The van der Waals surface area contributed by atoms with Gasteiger partial charge in [-0.25, -0.2) is 0 Å². The van der Waals surface area contributed by atoms with Gasteiger partial charge in [-0.2, -0.15) is 0 Å².